The summed E-state index contributed by atoms with van der Waals surface area (Å²) in [6.45, 7) is 3.64. The summed E-state index contributed by atoms with van der Waals surface area (Å²) in [5.74, 6) is -0.347. The first kappa shape index (κ1) is 22.7. The molecule has 8 heteroatoms. The Labute approximate surface area is 176 Å². The fourth-order valence-corrected chi connectivity index (χ4v) is 4.52. The lowest BCUT2D eigenvalue weighted by Crippen LogP contribution is -2.43. The van der Waals surface area contributed by atoms with Crippen LogP contribution in [0.3, 0.4) is 0 Å². The predicted octanol–water partition coefficient (Wildman–Crippen LogP) is 4.49. The molecule has 152 valence electrons. The lowest BCUT2D eigenvalue weighted by molar-refractivity contribution is -0.122. The van der Waals surface area contributed by atoms with Gasteiger partial charge in [-0.05, 0) is 43.2 Å². The maximum atomic E-state index is 13.1. The molecular weight excluding hydrogens is 419 g/mol. The molecule has 0 heterocycles. The highest BCUT2D eigenvalue weighted by molar-refractivity contribution is 7.89. The van der Waals surface area contributed by atoms with Crippen molar-refractivity contribution in [1.82, 2.24) is 9.62 Å². The van der Waals surface area contributed by atoms with Gasteiger partial charge in [0.15, 0.2) is 0 Å². The van der Waals surface area contributed by atoms with Crippen LogP contribution in [0, 0.1) is 0 Å². The molecule has 0 unspecified atom stereocenters. The molecule has 0 aliphatic carbocycles. The molecule has 1 atom stereocenters. The Hall–Kier alpha value is -1.60. The van der Waals surface area contributed by atoms with Crippen LogP contribution in [0.1, 0.15) is 32.3 Å². The van der Waals surface area contributed by atoms with Crippen molar-refractivity contribution in [2.45, 2.75) is 44.2 Å². The zero-order valence-corrected chi connectivity index (χ0v) is 18.2. The first-order valence-corrected chi connectivity index (χ1v) is 11.2. The Kier molecular flexibility index (Phi) is 8.31. The number of halogens is 2. The van der Waals surface area contributed by atoms with Crippen molar-refractivity contribution < 1.29 is 13.2 Å². The van der Waals surface area contributed by atoms with Crippen molar-refractivity contribution in [3.8, 4) is 0 Å². The second-order valence-electron chi connectivity index (χ2n) is 6.59. The molecule has 1 N–H and O–H groups in total. The molecule has 0 spiro atoms. The Morgan fingerprint density at radius 2 is 1.79 bits per heavy atom. The van der Waals surface area contributed by atoms with Crippen LogP contribution < -0.4 is 5.32 Å². The monoisotopic (exact) mass is 442 g/mol. The summed E-state index contributed by atoms with van der Waals surface area (Å²) in [7, 11) is -3.87. The lowest BCUT2D eigenvalue weighted by Gasteiger charge is -2.23. The summed E-state index contributed by atoms with van der Waals surface area (Å²) in [4.78, 5) is 12.6. The van der Waals surface area contributed by atoms with E-state index in [1.807, 2.05) is 13.8 Å². The van der Waals surface area contributed by atoms with Crippen molar-refractivity contribution in [3.63, 3.8) is 0 Å². The van der Waals surface area contributed by atoms with Gasteiger partial charge < -0.3 is 5.32 Å². The van der Waals surface area contributed by atoms with Gasteiger partial charge in [-0.2, -0.15) is 4.31 Å². The number of rotatable bonds is 9. The minimum atomic E-state index is -3.87. The molecule has 28 heavy (non-hydrogen) atoms. The Morgan fingerprint density at radius 3 is 2.39 bits per heavy atom. The van der Waals surface area contributed by atoms with Gasteiger partial charge in [-0.1, -0.05) is 60.8 Å². The third kappa shape index (κ3) is 6.21. The number of hydrogen-bond donors (Lipinski definition) is 1. The van der Waals surface area contributed by atoms with E-state index in [0.717, 1.165) is 17.1 Å². The van der Waals surface area contributed by atoms with Crippen molar-refractivity contribution in [1.29, 1.82) is 0 Å². The molecule has 0 radical (unpaired) electrons. The zero-order chi connectivity index (χ0) is 20.7. The number of nitrogens with one attached hydrogen (secondary N) is 1. The quantitative estimate of drug-likeness (QED) is 0.621. The van der Waals surface area contributed by atoms with Gasteiger partial charge in [-0.3, -0.25) is 4.79 Å². The van der Waals surface area contributed by atoms with Crippen LogP contribution in [0.25, 0.3) is 0 Å². The second-order valence-corrected chi connectivity index (χ2v) is 9.34. The standard InChI is InChI=1S/C20H24Cl2N2O3S/c1-3-7-15(2)23-20(25)14-24(13-16-10-11-18(21)19(22)12-16)28(26,27)17-8-5-4-6-9-17/h4-6,8-12,15H,3,7,13-14H2,1-2H3,(H,23,25)/t15-/m1/s1. The smallest absolute Gasteiger partial charge is 0.243 e. The van der Waals surface area contributed by atoms with Crippen LogP contribution in [0.5, 0.6) is 0 Å². The van der Waals surface area contributed by atoms with Gasteiger partial charge in [0.2, 0.25) is 15.9 Å². The first-order valence-electron chi connectivity index (χ1n) is 9.02. The van der Waals surface area contributed by atoms with Gasteiger partial charge in [0, 0.05) is 12.6 Å². The fourth-order valence-electron chi connectivity index (χ4n) is 2.79. The number of carbonyl (C=O) groups is 1. The highest BCUT2D eigenvalue weighted by atomic mass is 35.5. The van der Waals surface area contributed by atoms with Gasteiger partial charge in [0.25, 0.3) is 0 Å². The normalized spacial score (nSPS) is 12.8. The van der Waals surface area contributed by atoms with Crippen molar-refractivity contribution in [2.75, 3.05) is 6.54 Å². The van der Waals surface area contributed by atoms with E-state index in [1.54, 1.807) is 36.4 Å². The minimum absolute atomic E-state index is 0.00367. The topological polar surface area (TPSA) is 66.5 Å². The third-order valence-corrected chi connectivity index (χ3v) is 6.72. The molecule has 5 nitrogen and oxygen atoms in total. The van der Waals surface area contributed by atoms with Crippen LogP contribution >= 0.6 is 23.2 Å². The summed E-state index contributed by atoms with van der Waals surface area (Å²) >= 11 is 12.0. The largest absolute Gasteiger partial charge is 0.353 e. The fraction of sp³-hybridized carbons (Fsp3) is 0.350. The van der Waals surface area contributed by atoms with Crippen LogP contribution in [-0.4, -0.2) is 31.2 Å². The highest BCUT2D eigenvalue weighted by Gasteiger charge is 2.27. The number of amides is 1. The van der Waals surface area contributed by atoms with E-state index < -0.39 is 10.0 Å². The third-order valence-electron chi connectivity index (χ3n) is 4.17. The van der Waals surface area contributed by atoms with Crippen LogP contribution in [-0.2, 0) is 21.4 Å². The number of sulfonamides is 1. The maximum Gasteiger partial charge on any atom is 0.243 e. The Bertz CT molecular complexity index is 905. The van der Waals surface area contributed by atoms with Crippen molar-refractivity contribution >= 4 is 39.1 Å². The van der Waals surface area contributed by atoms with Crippen molar-refractivity contribution in [2.24, 2.45) is 0 Å². The van der Waals surface area contributed by atoms with E-state index >= 15 is 0 Å². The average Bonchev–Trinajstić information content (AvgIpc) is 2.65. The Morgan fingerprint density at radius 1 is 1.11 bits per heavy atom. The summed E-state index contributed by atoms with van der Waals surface area (Å²) in [5, 5.41) is 3.56. The predicted molar refractivity (Wildman–Crippen MR) is 113 cm³/mol. The number of benzene rings is 2. The molecule has 0 saturated carbocycles. The number of carbonyl (C=O) groups excluding carboxylic acids is 1. The van der Waals surface area contributed by atoms with Gasteiger partial charge in [0.1, 0.15) is 0 Å². The average molecular weight is 443 g/mol. The molecule has 1 amide bonds. The maximum absolute atomic E-state index is 13.1. The van der Waals surface area contributed by atoms with Crippen molar-refractivity contribution in [3.05, 3.63) is 64.1 Å². The molecule has 0 saturated heterocycles. The molecule has 2 aromatic carbocycles. The molecule has 0 aromatic heterocycles. The summed E-state index contributed by atoms with van der Waals surface area (Å²) in [6.07, 6.45) is 1.75. The van der Waals surface area contributed by atoms with E-state index in [4.69, 9.17) is 23.2 Å². The van der Waals surface area contributed by atoms with Gasteiger partial charge in [-0.15, -0.1) is 0 Å². The van der Waals surface area contributed by atoms with Crippen LogP contribution in [0.15, 0.2) is 53.4 Å². The first-order chi connectivity index (χ1) is 13.2. The van der Waals surface area contributed by atoms with Crippen LogP contribution in [0.2, 0.25) is 10.0 Å². The molecule has 0 fully saturated rings. The molecule has 2 rings (SSSR count). The Balaban J connectivity index is 2.29. The summed E-state index contributed by atoms with van der Waals surface area (Å²) in [6, 6.07) is 12.9. The van der Waals surface area contributed by atoms with E-state index in [-0.39, 0.29) is 29.9 Å². The molecule has 0 aliphatic rings. The summed E-state index contributed by atoms with van der Waals surface area (Å²) in [5.41, 5.74) is 0.642. The highest BCUT2D eigenvalue weighted by Crippen LogP contribution is 2.25. The SMILES string of the molecule is CCC[C@@H](C)NC(=O)CN(Cc1ccc(Cl)c(Cl)c1)S(=O)(=O)c1ccccc1. The van der Waals surface area contributed by atoms with E-state index in [1.165, 1.54) is 12.1 Å². The summed E-state index contributed by atoms with van der Waals surface area (Å²) < 4.78 is 27.4. The number of hydrogen-bond acceptors (Lipinski definition) is 3. The van der Waals surface area contributed by atoms with Gasteiger partial charge in [-0.25, -0.2) is 8.42 Å². The van der Waals surface area contributed by atoms with Gasteiger partial charge >= 0.3 is 0 Å². The molecule has 0 aliphatic heterocycles. The number of nitrogens with zero attached hydrogens (tertiary/aromatic N) is 1. The lowest BCUT2D eigenvalue weighted by atomic mass is 10.2. The second kappa shape index (κ2) is 10.3. The molecule has 2 aromatic rings. The van der Waals surface area contributed by atoms with E-state index in [0.29, 0.717) is 15.6 Å². The minimum Gasteiger partial charge on any atom is -0.353 e. The zero-order valence-electron chi connectivity index (χ0n) is 15.9. The molecule has 0 bridgehead atoms. The van der Waals surface area contributed by atoms with E-state index in [2.05, 4.69) is 5.32 Å². The van der Waals surface area contributed by atoms with Crippen LogP contribution in [0.4, 0.5) is 0 Å². The molecular formula is C20H24Cl2N2O3S. The van der Waals surface area contributed by atoms with Gasteiger partial charge in [0.05, 0.1) is 21.5 Å². The van der Waals surface area contributed by atoms with E-state index in [9.17, 15) is 13.2 Å².